The van der Waals surface area contributed by atoms with Crippen LogP contribution in [-0.4, -0.2) is 26.6 Å². The third-order valence-corrected chi connectivity index (χ3v) is 5.57. The zero-order chi connectivity index (χ0) is 25.2. The molecule has 0 aliphatic rings. The fraction of sp³-hybridized carbons (Fsp3) is 0.0357. The van der Waals surface area contributed by atoms with E-state index in [-0.39, 0.29) is 22.4 Å². The Labute approximate surface area is 204 Å². The molecule has 0 unspecified atom stereocenters. The molecule has 3 aromatic carbocycles. The van der Waals surface area contributed by atoms with Crippen molar-refractivity contribution in [2.45, 2.75) is 6.92 Å². The van der Waals surface area contributed by atoms with Gasteiger partial charge in [-0.05, 0) is 73.7 Å². The van der Waals surface area contributed by atoms with Gasteiger partial charge in [-0.1, -0.05) is 6.07 Å². The Balaban J connectivity index is 1.40. The molecule has 2 heterocycles. The van der Waals surface area contributed by atoms with Gasteiger partial charge >= 0.3 is 0 Å². The number of aryl methyl sites for hydroxylation is 1. The molecule has 0 bridgehead atoms. The van der Waals surface area contributed by atoms with Crippen LogP contribution in [0.4, 0.5) is 14.5 Å². The highest BCUT2D eigenvalue weighted by atomic mass is 19.1. The summed E-state index contributed by atoms with van der Waals surface area (Å²) < 4.78 is 28.2. The number of rotatable bonds is 5. The molecule has 36 heavy (non-hydrogen) atoms. The van der Waals surface area contributed by atoms with Crippen molar-refractivity contribution >= 4 is 28.4 Å². The van der Waals surface area contributed by atoms with Crippen molar-refractivity contribution in [1.29, 1.82) is 0 Å². The number of carbonyl (C=O) groups excluding carboxylic acids is 2. The van der Waals surface area contributed by atoms with Crippen molar-refractivity contribution in [1.82, 2.24) is 15.0 Å². The Morgan fingerprint density at radius 3 is 2.42 bits per heavy atom. The lowest BCUT2D eigenvalue weighted by Gasteiger charge is -2.09. The Bertz CT molecular complexity index is 1640. The first-order chi connectivity index (χ1) is 17.4. The van der Waals surface area contributed by atoms with Gasteiger partial charge in [0.05, 0.1) is 28.5 Å². The van der Waals surface area contributed by atoms with Gasteiger partial charge in [-0.15, -0.1) is 0 Å². The average Bonchev–Trinajstić information content (AvgIpc) is 2.88. The summed E-state index contributed by atoms with van der Waals surface area (Å²) in [4.78, 5) is 38.6. The number of nitrogens with zero attached hydrogens (tertiary/aromatic N) is 3. The molecule has 6 nitrogen and oxygen atoms in total. The molecule has 0 aliphatic heterocycles. The van der Waals surface area contributed by atoms with Crippen LogP contribution in [0.2, 0.25) is 0 Å². The Morgan fingerprint density at radius 2 is 1.67 bits per heavy atom. The first-order valence-electron chi connectivity index (χ1n) is 11.0. The predicted octanol–water partition coefficient (Wildman–Crippen LogP) is 5.76. The zero-order valence-corrected chi connectivity index (χ0v) is 19.0. The molecular weight excluding hydrogens is 462 g/mol. The van der Waals surface area contributed by atoms with E-state index in [2.05, 4.69) is 20.3 Å². The minimum absolute atomic E-state index is 0.0913. The first kappa shape index (κ1) is 22.9. The molecule has 1 amide bonds. The van der Waals surface area contributed by atoms with Gasteiger partial charge in [-0.2, -0.15) is 0 Å². The molecule has 0 spiro atoms. The van der Waals surface area contributed by atoms with E-state index in [0.717, 1.165) is 23.4 Å². The maximum atomic E-state index is 14.9. The number of pyridine rings is 1. The largest absolute Gasteiger partial charge is 0.322 e. The van der Waals surface area contributed by atoms with Crippen LogP contribution in [-0.2, 0) is 0 Å². The molecule has 0 saturated carbocycles. The summed E-state index contributed by atoms with van der Waals surface area (Å²) in [6.45, 7) is 1.89. The molecule has 0 radical (unpaired) electrons. The molecule has 0 fully saturated rings. The number of nitrogens with one attached hydrogen (secondary N) is 1. The highest BCUT2D eigenvalue weighted by Crippen LogP contribution is 2.23. The maximum Gasteiger partial charge on any atom is 0.255 e. The van der Waals surface area contributed by atoms with E-state index in [4.69, 9.17) is 0 Å². The molecule has 5 rings (SSSR count). The van der Waals surface area contributed by atoms with Crippen LogP contribution >= 0.6 is 0 Å². The summed E-state index contributed by atoms with van der Waals surface area (Å²) in [7, 11) is 0. The van der Waals surface area contributed by atoms with Crippen LogP contribution in [0.15, 0.2) is 85.2 Å². The number of anilines is 1. The SMILES string of the molecule is Cc1ccc(-c2cnc3ccc(C(=O)c4ccc(NC(=O)c5cccc(F)c5)cc4F)cc3n2)cn1. The van der Waals surface area contributed by atoms with E-state index < -0.39 is 23.3 Å². The van der Waals surface area contributed by atoms with Crippen molar-refractivity contribution in [2.24, 2.45) is 0 Å². The first-order valence-corrected chi connectivity index (χ1v) is 11.0. The Kier molecular flexibility index (Phi) is 6.00. The molecule has 0 saturated heterocycles. The summed E-state index contributed by atoms with van der Waals surface area (Å²) in [6.07, 6.45) is 3.33. The summed E-state index contributed by atoms with van der Waals surface area (Å²) >= 11 is 0. The van der Waals surface area contributed by atoms with Gasteiger partial charge in [-0.3, -0.25) is 19.6 Å². The number of carbonyl (C=O) groups is 2. The maximum absolute atomic E-state index is 14.9. The van der Waals surface area contributed by atoms with Crippen LogP contribution in [0, 0.1) is 18.6 Å². The lowest BCUT2D eigenvalue weighted by atomic mass is 10.0. The van der Waals surface area contributed by atoms with Crippen LogP contribution in [0.3, 0.4) is 0 Å². The average molecular weight is 480 g/mol. The lowest BCUT2D eigenvalue weighted by molar-refractivity contribution is 0.102. The molecule has 5 aromatic rings. The second-order valence-electron chi connectivity index (χ2n) is 8.14. The number of hydrogen-bond donors (Lipinski definition) is 1. The lowest BCUT2D eigenvalue weighted by Crippen LogP contribution is -2.13. The van der Waals surface area contributed by atoms with E-state index in [0.29, 0.717) is 16.7 Å². The molecule has 0 aliphatic carbocycles. The van der Waals surface area contributed by atoms with Gasteiger partial charge in [-0.25, -0.2) is 13.8 Å². The monoisotopic (exact) mass is 480 g/mol. The van der Waals surface area contributed by atoms with Gasteiger partial charge in [0.15, 0.2) is 5.78 Å². The van der Waals surface area contributed by atoms with Crippen LogP contribution in [0.5, 0.6) is 0 Å². The van der Waals surface area contributed by atoms with Gasteiger partial charge in [0.1, 0.15) is 11.6 Å². The Hall–Kier alpha value is -4.85. The van der Waals surface area contributed by atoms with Gasteiger partial charge in [0, 0.05) is 34.3 Å². The fourth-order valence-electron chi connectivity index (χ4n) is 3.68. The van der Waals surface area contributed by atoms with E-state index in [1.54, 1.807) is 30.6 Å². The molecule has 0 atom stereocenters. The standard InChI is InChI=1S/C28H18F2N4O2/c1-16-5-6-19(14-31-16)26-15-32-24-10-7-17(12-25(24)34-26)27(35)22-9-8-21(13-23(22)30)33-28(36)18-3-2-4-20(29)11-18/h2-15H,1H3,(H,33,36). The molecule has 8 heteroatoms. The number of benzene rings is 3. The molecule has 2 aromatic heterocycles. The number of hydrogen-bond acceptors (Lipinski definition) is 5. The summed E-state index contributed by atoms with van der Waals surface area (Å²) in [5.74, 6) is -2.50. The number of aromatic nitrogens is 3. The van der Waals surface area contributed by atoms with Gasteiger partial charge in [0.25, 0.3) is 5.91 Å². The van der Waals surface area contributed by atoms with Crippen molar-refractivity contribution in [2.75, 3.05) is 5.32 Å². The van der Waals surface area contributed by atoms with Gasteiger partial charge < -0.3 is 5.32 Å². The molecular formula is C28H18F2N4O2. The van der Waals surface area contributed by atoms with E-state index in [1.807, 2.05) is 19.1 Å². The normalized spacial score (nSPS) is 10.9. The fourth-order valence-corrected chi connectivity index (χ4v) is 3.68. The second kappa shape index (κ2) is 9.42. The van der Waals surface area contributed by atoms with Crippen LogP contribution in [0.1, 0.15) is 32.0 Å². The smallest absolute Gasteiger partial charge is 0.255 e. The zero-order valence-electron chi connectivity index (χ0n) is 19.0. The quantitative estimate of drug-likeness (QED) is 0.323. The summed E-state index contributed by atoms with van der Waals surface area (Å²) in [6, 6.07) is 17.4. The van der Waals surface area contributed by atoms with E-state index in [1.165, 1.54) is 30.3 Å². The van der Waals surface area contributed by atoms with Crippen molar-refractivity contribution in [3.05, 3.63) is 119 Å². The minimum atomic E-state index is -0.803. The third kappa shape index (κ3) is 4.69. The van der Waals surface area contributed by atoms with Crippen LogP contribution < -0.4 is 5.32 Å². The van der Waals surface area contributed by atoms with E-state index in [9.17, 15) is 18.4 Å². The predicted molar refractivity (Wildman–Crippen MR) is 132 cm³/mol. The van der Waals surface area contributed by atoms with Crippen molar-refractivity contribution in [3.63, 3.8) is 0 Å². The van der Waals surface area contributed by atoms with Crippen LogP contribution in [0.25, 0.3) is 22.3 Å². The van der Waals surface area contributed by atoms with E-state index >= 15 is 0 Å². The molecule has 176 valence electrons. The highest BCUT2D eigenvalue weighted by molar-refractivity contribution is 6.11. The Morgan fingerprint density at radius 1 is 0.806 bits per heavy atom. The second-order valence-corrected chi connectivity index (χ2v) is 8.14. The van der Waals surface area contributed by atoms with Crippen molar-refractivity contribution in [3.8, 4) is 11.3 Å². The number of amides is 1. The number of fused-ring (bicyclic) bond motifs is 1. The number of halogens is 2. The topological polar surface area (TPSA) is 84.8 Å². The third-order valence-electron chi connectivity index (χ3n) is 5.57. The highest BCUT2D eigenvalue weighted by Gasteiger charge is 2.17. The summed E-state index contributed by atoms with van der Waals surface area (Å²) in [5, 5.41) is 2.50. The van der Waals surface area contributed by atoms with Crippen molar-refractivity contribution < 1.29 is 18.4 Å². The van der Waals surface area contributed by atoms with Gasteiger partial charge in [0.2, 0.25) is 0 Å². The number of ketones is 1. The molecule has 1 N–H and O–H groups in total. The minimum Gasteiger partial charge on any atom is -0.322 e. The summed E-state index contributed by atoms with van der Waals surface area (Å²) in [5.41, 5.74) is 3.65.